The first-order chi connectivity index (χ1) is 11.2. The monoisotopic (exact) mass is 299 g/mol. The number of aromatic nitrogens is 1. The van der Waals surface area contributed by atoms with Gasteiger partial charge in [-0.3, -0.25) is 0 Å². The molecule has 4 rings (SSSR count). The highest BCUT2D eigenvalue weighted by Crippen LogP contribution is 2.29. The lowest BCUT2D eigenvalue weighted by Gasteiger charge is -2.26. The molecule has 0 spiro atoms. The molecule has 0 atom stereocenters. The molecule has 0 saturated heterocycles. The van der Waals surface area contributed by atoms with Crippen molar-refractivity contribution in [3.05, 3.63) is 83.7 Å². The fourth-order valence-electron chi connectivity index (χ4n) is 3.16. The van der Waals surface area contributed by atoms with Gasteiger partial charge in [-0.05, 0) is 29.8 Å². The predicted molar refractivity (Wildman–Crippen MR) is 97.0 cm³/mol. The molecule has 0 bridgehead atoms. The Kier molecular flexibility index (Phi) is 3.23. The van der Waals surface area contributed by atoms with Crippen LogP contribution in [0, 0.1) is 0 Å². The van der Waals surface area contributed by atoms with Gasteiger partial charge in [0.05, 0.1) is 0 Å². The zero-order chi connectivity index (χ0) is 15.8. The second-order valence-electron chi connectivity index (χ2n) is 5.90. The molecule has 1 aliphatic heterocycles. The molecule has 2 nitrogen and oxygen atoms in total. The number of aryl methyl sites for hydroxylation is 1. The summed E-state index contributed by atoms with van der Waals surface area (Å²) >= 11 is 0. The smallest absolute Gasteiger partial charge is 0.212 e. The van der Waals surface area contributed by atoms with Gasteiger partial charge >= 0.3 is 0 Å². The highest BCUT2D eigenvalue weighted by Gasteiger charge is 2.15. The molecule has 0 saturated carbocycles. The normalized spacial score (nSPS) is 15.2. The molecular weight excluding hydrogens is 280 g/mol. The van der Waals surface area contributed by atoms with Gasteiger partial charge in [-0.1, -0.05) is 36.4 Å². The van der Waals surface area contributed by atoms with Gasteiger partial charge in [0.2, 0.25) is 11.2 Å². The van der Waals surface area contributed by atoms with Crippen molar-refractivity contribution in [2.45, 2.75) is 0 Å². The summed E-state index contributed by atoms with van der Waals surface area (Å²) in [6.07, 6.45) is 6.60. The van der Waals surface area contributed by atoms with Crippen LogP contribution in [-0.2, 0) is 7.05 Å². The number of nitrogens with zero attached hydrogens (tertiary/aromatic N) is 2. The SMILES string of the molecule is CN1C(=Cc2ccc3ccccc3[n+]2C)C=Cc2ccccc21. The molecule has 0 fully saturated rings. The molecule has 112 valence electrons. The number of hydrogen-bond acceptors (Lipinski definition) is 1. The van der Waals surface area contributed by atoms with Gasteiger partial charge in [0.25, 0.3) is 0 Å². The van der Waals surface area contributed by atoms with Crippen LogP contribution in [0.25, 0.3) is 23.1 Å². The van der Waals surface area contributed by atoms with E-state index in [1.165, 1.54) is 33.5 Å². The van der Waals surface area contributed by atoms with E-state index in [2.05, 4.69) is 102 Å². The van der Waals surface area contributed by atoms with Crippen molar-refractivity contribution in [2.24, 2.45) is 7.05 Å². The second-order valence-corrected chi connectivity index (χ2v) is 5.90. The summed E-state index contributed by atoms with van der Waals surface area (Å²) in [4.78, 5) is 2.24. The lowest BCUT2D eigenvalue weighted by molar-refractivity contribution is -0.646. The van der Waals surface area contributed by atoms with Gasteiger partial charge in [0, 0.05) is 42.0 Å². The van der Waals surface area contributed by atoms with Crippen LogP contribution in [0.3, 0.4) is 0 Å². The second kappa shape index (κ2) is 5.40. The van der Waals surface area contributed by atoms with E-state index >= 15 is 0 Å². The van der Waals surface area contributed by atoms with E-state index in [9.17, 15) is 0 Å². The number of para-hydroxylation sites is 2. The van der Waals surface area contributed by atoms with Crippen molar-refractivity contribution in [1.29, 1.82) is 0 Å². The van der Waals surface area contributed by atoms with Crippen LogP contribution in [0.5, 0.6) is 0 Å². The largest absolute Gasteiger partial charge is 0.344 e. The van der Waals surface area contributed by atoms with Crippen LogP contribution in [0.4, 0.5) is 5.69 Å². The maximum absolute atomic E-state index is 2.24. The Balaban J connectivity index is 1.81. The molecule has 0 N–H and O–H groups in total. The summed E-state index contributed by atoms with van der Waals surface area (Å²) in [6, 6.07) is 21.3. The number of hydrogen-bond donors (Lipinski definition) is 0. The number of allylic oxidation sites excluding steroid dienone is 1. The van der Waals surface area contributed by atoms with Gasteiger partial charge in [-0.15, -0.1) is 0 Å². The van der Waals surface area contributed by atoms with E-state index in [1.807, 2.05) is 0 Å². The molecule has 1 aromatic heterocycles. The predicted octanol–water partition coefficient (Wildman–Crippen LogP) is 4.17. The number of benzene rings is 2. The van der Waals surface area contributed by atoms with E-state index in [1.54, 1.807) is 0 Å². The first kappa shape index (κ1) is 13.8. The number of likely N-dealkylation sites (N-methyl/N-ethyl adjacent to an activating group) is 1. The molecule has 2 heterocycles. The Morgan fingerprint density at radius 2 is 1.65 bits per heavy atom. The zero-order valence-corrected chi connectivity index (χ0v) is 13.4. The van der Waals surface area contributed by atoms with Crippen molar-refractivity contribution in [2.75, 3.05) is 11.9 Å². The minimum atomic E-state index is 1.19. The average molecular weight is 299 g/mol. The van der Waals surface area contributed by atoms with E-state index in [4.69, 9.17) is 0 Å². The Morgan fingerprint density at radius 1 is 0.870 bits per heavy atom. The highest BCUT2D eigenvalue weighted by molar-refractivity contribution is 5.80. The topological polar surface area (TPSA) is 7.12 Å². The van der Waals surface area contributed by atoms with E-state index in [0.29, 0.717) is 0 Å². The number of anilines is 1. The van der Waals surface area contributed by atoms with E-state index < -0.39 is 0 Å². The number of pyridine rings is 1. The number of fused-ring (bicyclic) bond motifs is 2. The molecule has 2 heteroatoms. The fourth-order valence-corrected chi connectivity index (χ4v) is 3.16. The van der Waals surface area contributed by atoms with Crippen LogP contribution in [0.15, 0.2) is 72.4 Å². The van der Waals surface area contributed by atoms with Gasteiger partial charge in [-0.25, -0.2) is 0 Å². The van der Waals surface area contributed by atoms with E-state index in [0.717, 1.165) is 0 Å². The van der Waals surface area contributed by atoms with Crippen LogP contribution in [0.1, 0.15) is 11.3 Å². The maximum atomic E-state index is 2.24. The van der Waals surface area contributed by atoms with Gasteiger partial charge in [0.15, 0.2) is 0 Å². The third-order valence-corrected chi connectivity index (χ3v) is 4.53. The minimum Gasteiger partial charge on any atom is -0.344 e. The number of rotatable bonds is 1. The van der Waals surface area contributed by atoms with Crippen molar-refractivity contribution in [1.82, 2.24) is 0 Å². The Labute approximate surface area is 136 Å². The molecular formula is C21H19N2+. The van der Waals surface area contributed by atoms with E-state index in [-0.39, 0.29) is 0 Å². The summed E-state index contributed by atoms with van der Waals surface area (Å²) in [6.45, 7) is 0. The lowest BCUT2D eigenvalue weighted by Crippen LogP contribution is -2.33. The van der Waals surface area contributed by atoms with Gasteiger partial charge < -0.3 is 4.90 Å². The first-order valence-corrected chi connectivity index (χ1v) is 7.84. The van der Waals surface area contributed by atoms with Gasteiger partial charge in [-0.2, -0.15) is 4.57 Å². The van der Waals surface area contributed by atoms with Crippen LogP contribution in [-0.4, -0.2) is 7.05 Å². The molecule has 0 aliphatic carbocycles. The maximum Gasteiger partial charge on any atom is 0.212 e. The molecule has 0 unspecified atom stereocenters. The Bertz CT molecular complexity index is 951. The Morgan fingerprint density at radius 3 is 2.57 bits per heavy atom. The zero-order valence-electron chi connectivity index (χ0n) is 13.4. The minimum absolute atomic E-state index is 1.19. The van der Waals surface area contributed by atoms with Crippen molar-refractivity contribution in [3.8, 4) is 0 Å². The van der Waals surface area contributed by atoms with Gasteiger partial charge in [0.1, 0.15) is 7.05 Å². The van der Waals surface area contributed by atoms with Crippen molar-refractivity contribution < 1.29 is 4.57 Å². The average Bonchev–Trinajstić information content (AvgIpc) is 2.60. The molecule has 1 aliphatic rings. The summed E-state index contributed by atoms with van der Waals surface area (Å²) in [5.74, 6) is 0. The van der Waals surface area contributed by atoms with Crippen LogP contribution in [0.2, 0.25) is 0 Å². The summed E-state index contributed by atoms with van der Waals surface area (Å²) in [7, 11) is 4.24. The van der Waals surface area contributed by atoms with Crippen LogP contribution >= 0.6 is 0 Å². The standard InChI is InChI=1S/C21H19N2/c1-22-18(13-11-16-7-3-5-9-20(16)22)15-19-14-12-17-8-4-6-10-21(17)23(19)2/h3-15H,1-2H3/q+1. The quantitative estimate of drug-likeness (QED) is 0.612. The van der Waals surface area contributed by atoms with Crippen LogP contribution < -0.4 is 9.47 Å². The molecule has 23 heavy (non-hydrogen) atoms. The summed E-state index contributed by atoms with van der Waals surface area (Å²) < 4.78 is 2.24. The summed E-state index contributed by atoms with van der Waals surface area (Å²) in [5.41, 5.74) is 6.12. The molecule has 3 aromatic rings. The summed E-state index contributed by atoms with van der Waals surface area (Å²) in [5, 5.41) is 1.26. The molecule has 0 radical (unpaired) electrons. The molecule has 2 aromatic carbocycles. The highest BCUT2D eigenvalue weighted by atomic mass is 15.1. The Hall–Kier alpha value is -2.87. The third-order valence-electron chi connectivity index (χ3n) is 4.53. The van der Waals surface area contributed by atoms with Crippen molar-refractivity contribution >= 4 is 28.7 Å². The third kappa shape index (κ3) is 2.33. The van der Waals surface area contributed by atoms with Crippen molar-refractivity contribution in [3.63, 3.8) is 0 Å². The fraction of sp³-hybridized carbons (Fsp3) is 0.0952. The lowest BCUT2D eigenvalue weighted by atomic mass is 10.1. The first-order valence-electron chi connectivity index (χ1n) is 7.84. The molecule has 0 amide bonds.